The van der Waals surface area contributed by atoms with E-state index in [9.17, 15) is 4.79 Å². The van der Waals surface area contributed by atoms with E-state index in [0.29, 0.717) is 24.1 Å². The fourth-order valence-electron chi connectivity index (χ4n) is 3.82. The second-order valence-electron chi connectivity index (χ2n) is 7.23. The minimum atomic E-state index is 0.0534. The zero-order valence-electron chi connectivity index (χ0n) is 15.9. The van der Waals surface area contributed by atoms with Crippen molar-refractivity contribution in [3.8, 4) is 0 Å². The van der Waals surface area contributed by atoms with Crippen LogP contribution >= 0.6 is 12.2 Å². The molecule has 1 aliphatic carbocycles. The zero-order valence-corrected chi connectivity index (χ0v) is 16.7. The molecule has 0 aromatic heterocycles. The van der Waals surface area contributed by atoms with Crippen LogP contribution in [-0.2, 0) is 6.54 Å². The lowest BCUT2D eigenvalue weighted by Crippen LogP contribution is -2.45. The highest BCUT2D eigenvalue weighted by atomic mass is 32.1. The van der Waals surface area contributed by atoms with Crippen LogP contribution in [0.15, 0.2) is 42.1 Å². The summed E-state index contributed by atoms with van der Waals surface area (Å²) < 4.78 is 0. The number of hydrogen-bond donors (Lipinski definition) is 3. The number of thiocarbonyl (C=S) groups is 1. The van der Waals surface area contributed by atoms with Crippen LogP contribution in [0.1, 0.15) is 44.1 Å². The van der Waals surface area contributed by atoms with Gasteiger partial charge in [-0.1, -0.05) is 36.4 Å². The van der Waals surface area contributed by atoms with Crippen LogP contribution < -0.4 is 16.0 Å². The van der Waals surface area contributed by atoms with Crippen molar-refractivity contribution in [2.75, 3.05) is 19.6 Å². The Morgan fingerprint density at radius 3 is 2.70 bits per heavy atom. The summed E-state index contributed by atoms with van der Waals surface area (Å²) in [7, 11) is 0. The van der Waals surface area contributed by atoms with E-state index in [0.717, 1.165) is 32.4 Å². The molecule has 1 heterocycles. The van der Waals surface area contributed by atoms with E-state index >= 15 is 0 Å². The van der Waals surface area contributed by atoms with E-state index in [1.807, 2.05) is 23.1 Å². The first-order valence-corrected chi connectivity index (χ1v) is 10.5. The maximum Gasteiger partial charge on any atom is 0.321 e. The number of allylic oxidation sites excluding steroid dienone is 2. The second kappa shape index (κ2) is 10.3. The zero-order chi connectivity index (χ0) is 18.9. The molecule has 6 heteroatoms. The molecule has 1 unspecified atom stereocenters. The molecule has 1 fully saturated rings. The molecule has 3 N–H and O–H groups in total. The number of piperidine rings is 1. The molecule has 0 radical (unpaired) electrons. The summed E-state index contributed by atoms with van der Waals surface area (Å²) in [5.74, 6) is 0.591. The van der Waals surface area contributed by atoms with Gasteiger partial charge in [0.2, 0.25) is 0 Å². The summed E-state index contributed by atoms with van der Waals surface area (Å²) in [5.41, 5.74) is 2.46. The van der Waals surface area contributed by atoms with E-state index in [-0.39, 0.29) is 6.03 Å². The highest BCUT2D eigenvalue weighted by Crippen LogP contribution is 2.34. The molecule has 2 aliphatic rings. The standard InChI is InChI=1S/C21H30N4OS/c26-21(25-15-6-11-18-10-4-5-12-19(18)25)23-14-7-13-22-20(27)24-16-17-8-2-1-3-9-17/h1-3,8-9,12,18H,4-7,10-11,13-16H2,(H,23,26)(H2,22,24,27). The van der Waals surface area contributed by atoms with Crippen molar-refractivity contribution in [1.82, 2.24) is 20.9 Å². The molecule has 1 aromatic carbocycles. The smallest absolute Gasteiger partial charge is 0.321 e. The van der Waals surface area contributed by atoms with Crippen molar-refractivity contribution in [1.29, 1.82) is 0 Å². The molecule has 1 aliphatic heterocycles. The average Bonchev–Trinajstić information content (AvgIpc) is 2.72. The van der Waals surface area contributed by atoms with E-state index < -0.39 is 0 Å². The summed E-state index contributed by atoms with van der Waals surface area (Å²) in [6.07, 6.45) is 9.04. The minimum absolute atomic E-state index is 0.0534. The summed E-state index contributed by atoms with van der Waals surface area (Å²) >= 11 is 5.30. The predicted octanol–water partition coefficient (Wildman–Crippen LogP) is 3.53. The highest BCUT2D eigenvalue weighted by molar-refractivity contribution is 7.80. The van der Waals surface area contributed by atoms with Gasteiger partial charge >= 0.3 is 6.03 Å². The number of hydrogen-bond acceptors (Lipinski definition) is 2. The van der Waals surface area contributed by atoms with Gasteiger partial charge < -0.3 is 16.0 Å². The number of nitrogens with one attached hydrogen (secondary N) is 3. The summed E-state index contributed by atoms with van der Waals surface area (Å²) in [6, 6.07) is 10.2. The molecule has 0 spiro atoms. The predicted molar refractivity (Wildman–Crippen MR) is 113 cm³/mol. The number of carbonyl (C=O) groups excluding carboxylic acids is 1. The molecule has 5 nitrogen and oxygen atoms in total. The average molecular weight is 387 g/mol. The number of fused-ring (bicyclic) bond motifs is 1. The van der Waals surface area contributed by atoms with Gasteiger partial charge in [0.1, 0.15) is 0 Å². The maximum atomic E-state index is 12.5. The third-order valence-corrected chi connectivity index (χ3v) is 5.52. The quantitative estimate of drug-likeness (QED) is 0.517. The molecule has 1 aromatic rings. The van der Waals surface area contributed by atoms with Gasteiger partial charge in [-0.25, -0.2) is 4.79 Å². The Kier molecular flexibility index (Phi) is 7.51. The van der Waals surface area contributed by atoms with Gasteiger partial charge in [-0.2, -0.15) is 0 Å². The third kappa shape index (κ3) is 5.96. The highest BCUT2D eigenvalue weighted by Gasteiger charge is 2.29. The largest absolute Gasteiger partial charge is 0.363 e. The third-order valence-electron chi connectivity index (χ3n) is 5.23. The van der Waals surface area contributed by atoms with Crippen molar-refractivity contribution < 1.29 is 4.79 Å². The normalized spacial score (nSPS) is 18.9. The van der Waals surface area contributed by atoms with Gasteiger partial charge in [0.05, 0.1) is 0 Å². The van der Waals surface area contributed by atoms with Gasteiger partial charge in [0.15, 0.2) is 5.11 Å². The van der Waals surface area contributed by atoms with Crippen LogP contribution in [0, 0.1) is 5.92 Å². The number of rotatable bonds is 6. The summed E-state index contributed by atoms with van der Waals surface area (Å²) in [6.45, 7) is 2.96. The Morgan fingerprint density at radius 1 is 1.07 bits per heavy atom. The lowest BCUT2D eigenvalue weighted by Gasteiger charge is -2.37. The lowest BCUT2D eigenvalue weighted by atomic mass is 9.85. The molecule has 2 amide bonds. The monoisotopic (exact) mass is 386 g/mol. The number of nitrogens with zero attached hydrogens (tertiary/aromatic N) is 1. The Balaban J connectivity index is 1.30. The first-order chi connectivity index (χ1) is 13.2. The van der Waals surface area contributed by atoms with Crippen molar-refractivity contribution in [2.24, 2.45) is 5.92 Å². The number of urea groups is 1. The second-order valence-corrected chi connectivity index (χ2v) is 7.64. The molecule has 0 saturated carbocycles. The fourth-order valence-corrected chi connectivity index (χ4v) is 3.99. The Labute approximate surface area is 167 Å². The van der Waals surface area contributed by atoms with E-state index in [2.05, 4.69) is 34.2 Å². The number of carbonyl (C=O) groups is 1. The summed E-state index contributed by atoms with van der Waals surface area (Å²) in [5, 5.41) is 10.1. The number of benzene rings is 1. The molecular formula is C21H30N4OS. The first-order valence-electron chi connectivity index (χ1n) is 10.0. The lowest BCUT2D eigenvalue weighted by molar-refractivity contribution is 0.187. The molecule has 3 rings (SSSR count). The topological polar surface area (TPSA) is 56.4 Å². The van der Waals surface area contributed by atoms with E-state index in [4.69, 9.17) is 12.2 Å². The van der Waals surface area contributed by atoms with Gasteiger partial charge in [0.25, 0.3) is 0 Å². The maximum absolute atomic E-state index is 12.5. The van der Waals surface area contributed by atoms with Gasteiger partial charge in [-0.15, -0.1) is 0 Å². The van der Waals surface area contributed by atoms with Gasteiger partial charge in [-0.3, -0.25) is 4.90 Å². The Morgan fingerprint density at radius 2 is 1.85 bits per heavy atom. The molecular weight excluding hydrogens is 356 g/mol. The van der Waals surface area contributed by atoms with Crippen LogP contribution in [0.25, 0.3) is 0 Å². The SMILES string of the molecule is O=C(NCCCNC(=S)NCc1ccccc1)N1CCCC2CCCC=C21. The summed E-state index contributed by atoms with van der Waals surface area (Å²) in [4.78, 5) is 14.5. The molecule has 27 heavy (non-hydrogen) atoms. The Bertz CT molecular complexity index is 661. The fraction of sp³-hybridized carbons (Fsp3) is 0.524. The van der Waals surface area contributed by atoms with Crippen molar-refractivity contribution >= 4 is 23.4 Å². The van der Waals surface area contributed by atoms with Crippen molar-refractivity contribution in [2.45, 2.75) is 45.1 Å². The van der Waals surface area contributed by atoms with Crippen LogP contribution in [-0.4, -0.2) is 35.7 Å². The Hall–Kier alpha value is -2.08. The van der Waals surface area contributed by atoms with Crippen LogP contribution in [0.5, 0.6) is 0 Å². The molecule has 146 valence electrons. The number of likely N-dealkylation sites (tertiary alicyclic amines) is 1. The van der Waals surface area contributed by atoms with Gasteiger partial charge in [-0.05, 0) is 62.2 Å². The van der Waals surface area contributed by atoms with Crippen LogP contribution in [0.3, 0.4) is 0 Å². The van der Waals surface area contributed by atoms with Crippen molar-refractivity contribution in [3.63, 3.8) is 0 Å². The van der Waals surface area contributed by atoms with Crippen LogP contribution in [0.2, 0.25) is 0 Å². The minimum Gasteiger partial charge on any atom is -0.363 e. The molecule has 1 atom stereocenters. The van der Waals surface area contributed by atoms with E-state index in [1.54, 1.807) is 0 Å². The number of amides is 2. The van der Waals surface area contributed by atoms with E-state index in [1.165, 1.54) is 30.5 Å². The molecule has 1 saturated heterocycles. The van der Waals surface area contributed by atoms with Crippen molar-refractivity contribution in [3.05, 3.63) is 47.7 Å². The van der Waals surface area contributed by atoms with Gasteiger partial charge in [0, 0.05) is 31.9 Å². The van der Waals surface area contributed by atoms with Crippen LogP contribution in [0.4, 0.5) is 4.79 Å². The first kappa shape index (κ1) is 19.7. The molecule has 0 bridgehead atoms.